The molecule has 2 aromatic heterocycles. The molecule has 0 fully saturated rings. The van der Waals surface area contributed by atoms with Crippen molar-refractivity contribution in [3.63, 3.8) is 0 Å². The van der Waals surface area contributed by atoms with E-state index in [1.807, 2.05) is 0 Å². The van der Waals surface area contributed by atoms with Crippen LogP contribution in [-0.4, -0.2) is 25.2 Å². The molecule has 0 saturated carbocycles. The summed E-state index contributed by atoms with van der Waals surface area (Å²) in [7, 11) is 0. The summed E-state index contributed by atoms with van der Waals surface area (Å²) in [5, 5.41) is 7.90. The minimum atomic E-state index is -0.242. The number of rotatable bonds is 3. The fraction of sp³-hybridized carbons (Fsp3) is 0.700. The van der Waals surface area contributed by atoms with Crippen LogP contribution in [0.2, 0.25) is 0 Å². The third kappa shape index (κ3) is 3.92. The predicted molar refractivity (Wildman–Crippen MR) is 110 cm³/mol. The van der Waals surface area contributed by atoms with Gasteiger partial charge in [0.2, 0.25) is 5.91 Å². The summed E-state index contributed by atoms with van der Waals surface area (Å²) in [6, 6.07) is 0. The second-order valence-electron chi connectivity index (χ2n) is 9.06. The van der Waals surface area contributed by atoms with E-state index < -0.39 is 0 Å². The van der Waals surface area contributed by atoms with E-state index in [1.165, 1.54) is 9.56 Å². The number of anilines is 1. The second kappa shape index (κ2) is 7.46. The van der Waals surface area contributed by atoms with Gasteiger partial charge in [-0.25, -0.2) is 14.5 Å². The van der Waals surface area contributed by atoms with E-state index in [2.05, 4.69) is 36.2 Å². The molecule has 28 heavy (non-hydrogen) atoms. The molecule has 2 aromatic rings. The third-order valence-corrected chi connectivity index (χ3v) is 7.02. The molecule has 7 nitrogen and oxygen atoms in total. The zero-order valence-electron chi connectivity index (χ0n) is 17.0. The van der Waals surface area contributed by atoms with Crippen LogP contribution in [0.4, 0.5) is 5.13 Å². The van der Waals surface area contributed by atoms with Gasteiger partial charge in [0.1, 0.15) is 12.4 Å². The molecular formula is C20H29N5O2S. The highest BCUT2D eigenvalue weighted by atomic mass is 32.1. The summed E-state index contributed by atoms with van der Waals surface area (Å²) in [5.41, 5.74) is 1.22. The minimum absolute atomic E-state index is 0.0618. The van der Waals surface area contributed by atoms with Crippen molar-refractivity contribution in [3.8, 4) is 0 Å². The van der Waals surface area contributed by atoms with E-state index in [1.54, 1.807) is 15.9 Å². The smallest absolute Gasteiger partial charge is 0.300 e. The number of carbonyl (C=O) groups is 1. The van der Waals surface area contributed by atoms with Gasteiger partial charge < -0.3 is 5.32 Å². The summed E-state index contributed by atoms with van der Waals surface area (Å²) in [4.78, 5) is 30.9. The van der Waals surface area contributed by atoms with Crippen LogP contribution in [0.25, 0.3) is 0 Å². The molecule has 1 N–H and O–H groups in total. The van der Waals surface area contributed by atoms with Crippen molar-refractivity contribution in [1.29, 1.82) is 0 Å². The van der Waals surface area contributed by atoms with Crippen molar-refractivity contribution in [2.24, 2.45) is 11.3 Å². The summed E-state index contributed by atoms with van der Waals surface area (Å²) in [6.07, 6.45) is 7.10. The fourth-order valence-electron chi connectivity index (χ4n) is 4.19. The number of amides is 1. The molecule has 0 radical (unpaired) electrons. The van der Waals surface area contributed by atoms with Crippen LogP contribution in [-0.2, 0) is 37.1 Å². The highest BCUT2D eigenvalue weighted by molar-refractivity contribution is 7.15. The maximum Gasteiger partial charge on any atom is 0.346 e. The quantitative estimate of drug-likeness (QED) is 0.854. The van der Waals surface area contributed by atoms with Gasteiger partial charge in [0.05, 0.1) is 5.69 Å². The highest BCUT2D eigenvalue weighted by Gasteiger charge is 2.31. The van der Waals surface area contributed by atoms with Gasteiger partial charge >= 0.3 is 5.69 Å². The summed E-state index contributed by atoms with van der Waals surface area (Å²) >= 11 is 1.57. The molecule has 1 amide bonds. The maximum atomic E-state index is 12.5. The topological polar surface area (TPSA) is 81.8 Å². The number of nitrogens with one attached hydrogen (secondary N) is 1. The van der Waals surface area contributed by atoms with E-state index in [4.69, 9.17) is 0 Å². The molecule has 0 saturated heterocycles. The monoisotopic (exact) mass is 403 g/mol. The van der Waals surface area contributed by atoms with Crippen LogP contribution in [0.15, 0.2) is 4.79 Å². The second-order valence-corrected chi connectivity index (χ2v) is 10.1. The van der Waals surface area contributed by atoms with Gasteiger partial charge in [-0.1, -0.05) is 27.2 Å². The average Bonchev–Trinajstić information content (AvgIpc) is 3.04. The lowest BCUT2D eigenvalue weighted by molar-refractivity contribution is -0.117. The molecule has 0 spiro atoms. The Labute approximate surface area is 169 Å². The van der Waals surface area contributed by atoms with Gasteiger partial charge in [0.15, 0.2) is 5.13 Å². The third-order valence-electron chi connectivity index (χ3n) is 5.99. The first kappa shape index (κ1) is 19.4. The molecule has 2 aliphatic rings. The molecule has 3 heterocycles. The van der Waals surface area contributed by atoms with E-state index >= 15 is 0 Å². The molecule has 1 aliphatic carbocycles. The SMILES string of the molecule is CC(C)(C)C1CCc2nc(NC(=O)Cn3nc4n(c3=O)CCCCC4)sc2C1. The Balaban J connectivity index is 1.43. The highest BCUT2D eigenvalue weighted by Crippen LogP contribution is 2.40. The number of nitrogens with zero attached hydrogens (tertiary/aromatic N) is 4. The summed E-state index contributed by atoms with van der Waals surface area (Å²) in [5.74, 6) is 1.20. The first-order chi connectivity index (χ1) is 13.3. The predicted octanol–water partition coefficient (Wildman–Crippen LogP) is 3.02. The fourth-order valence-corrected chi connectivity index (χ4v) is 5.29. The Morgan fingerprint density at radius 1 is 1.25 bits per heavy atom. The first-order valence-corrected chi connectivity index (χ1v) is 11.1. The van der Waals surface area contributed by atoms with Gasteiger partial charge in [-0.15, -0.1) is 11.3 Å². The molecule has 152 valence electrons. The first-order valence-electron chi connectivity index (χ1n) is 10.3. The number of aryl methyl sites for hydroxylation is 2. The number of aromatic nitrogens is 4. The van der Waals surface area contributed by atoms with Crippen LogP contribution in [0, 0.1) is 11.3 Å². The normalized spacial score (nSPS) is 19.6. The Hall–Kier alpha value is -1.96. The molecule has 4 rings (SSSR count). The number of fused-ring (bicyclic) bond motifs is 2. The van der Waals surface area contributed by atoms with Gasteiger partial charge in [-0.3, -0.25) is 9.36 Å². The van der Waals surface area contributed by atoms with Gasteiger partial charge in [0, 0.05) is 17.8 Å². The molecule has 1 atom stereocenters. The number of thiazole rings is 1. The van der Waals surface area contributed by atoms with E-state index in [0.29, 0.717) is 17.6 Å². The molecule has 0 bridgehead atoms. The Morgan fingerprint density at radius 3 is 2.86 bits per heavy atom. The van der Waals surface area contributed by atoms with Crippen molar-refractivity contribution in [2.75, 3.05) is 5.32 Å². The Bertz CT molecular complexity index is 934. The van der Waals surface area contributed by atoms with Crippen LogP contribution in [0.3, 0.4) is 0 Å². The van der Waals surface area contributed by atoms with Crippen LogP contribution < -0.4 is 11.0 Å². The molecule has 8 heteroatoms. The molecule has 1 aliphatic heterocycles. The maximum absolute atomic E-state index is 12.5. The molecule has 1 unspecified atom stereocenters. The van der Waals surface area contributed by atoms with E-state index in [0.717, 1.165) is 56.5 Å². The lowest BCUT2D eigenvalue weighted by Gasteiger charge is -2.33. The number of hydrogen-bond donors (Lipinski definition) is 1. The summed E-state index contributed by atoms with van der Waals surface area (Å²) < 4.78 is 3.01. The Morgan fingerprint density at radius 2 is 2.07 bits per heavy atom. The van der Waals surface area contributed by atoms with Gasteiger partial charge in [-0.05, 0) is 43.4 Å². The van der Waals surface area contributed by atoms with Crippen LogP contribution in [0.5, 0.6) is 0 Å². The Kier molecular flexibility index (Phi) is 5.16. The lowest BCUT2D eigenvalue weighted by atomic mass is 9.73. The van der Waals surface area contributed by atoms with Crippen LogP contribution >= 0.6 is 11.3 Å². The van der Waals surface area contributed by atoms with Crippen molar-refractivity contribution in [2.45, 2.75) is 78.8 Å². The van der Waals surface area contributed by atoms with Gasteiger partial charge in [-0.2, -0.15) is 5.10 Å². The number of hydrogen-bond acceptors (Lipinski definition) is 5. The average molecular weight is 404 g/mol. The molecule has 0 aromatic carbocycles. The zero-order valence-corrected chi connectivity index (χ0v) is 17.8. The van der Waals surface area contributed by atoms with Gasteiger partial charge in [0.25, 0.3) is 0 Å². The standard InChI is InChI=1S/C20H29N5O2S/c1-20(2,3)13-8-9-14-15(11-13)28-18(21-14)22-17(26)12-25-19(27)24-10-6-4-5-7-16(24)23-25/h13H,4-12H2,1-3H3,(H,21,22,26). The number of carbonyl (C=O) groups excluding carboxylic acids is 1. The molecular weight excluding hydrogens is 374 g/mol. The van der Waals surface area contributed by atoms with E-state index in [9.17, 15) is 9.59 Å². The zero-order chi connectivity index (χ0) is 19.9. The van der Waals surface area contributed by atoms with Crippen molar-refractivity contribution < 1.29 is 4.79 Å². The van der Waals surface area contributed by atoms with Crippen molar-refractivity contribution >= 4 is 22.4 Å². The van der Waals surface area contributed by atoms with Crippen molar-refractivity contribution in [3.05, 3.63) is 26.9 Å². The largest absolute Gasteiger partial charge is 0.346 e. The lowest BCUT2D eigenvalue weighted by Crippen LogP contribution is -2.30. The van der Waals surface area contributed by atoms with Crippen LogP contribution in [0.1, 0.15) is 62.8 Å². The van der Waals surface area contributed by atoms with E-state index in [-0.39, 0.29) is 23.6 Å². The minimum Gasteiger partial charge on any atom is -0.300 e. The van der Waals surface area contributed by atoms with Crippen molar-refractivity contribution in [1.82, 2.24) is 19.3 Å². The summed E-state index contributed by atoms with van der Waals surface area (Å²) in [6.45, 7) is 7.50.